The van der Waals surface area contributed by atoms with Crippen molar-refractivity contribution in [1.82, 2.24) is 19.5 Å². The number of benzene rings is 9. The third kappa shape index (κ3) is 6.18. The van der Waals surface area contributed by atoms with Crippen LogP contribution < -0.4 is 0 Å². The molecule has 62 heavy (non-hydrogen) atoms. The Labute approximate surface area is 362 Å². The zero-order valence-electron chi connectivity index (χ0n) is 33.5. The molecule has 0 bridgehead atoms. The largest absolute Gasteiger partial charge is 0.309 e. The Bertz CT molecular complexity index is 3560. The van der Waals surface area contributed by atoms with Crippen molar-refractivity contribution in [2.24, 2.45) is 0 Å². The molecule has 0 atom stereocenters. The fraction of sp³-hybridized carbons (Fsp3) is 0. The van der Waals surface area contributed by atoms with E-state index in [0.29, 0.717) is 17.5 Å². The van der Waals surface area contributed by atoms with Crippen LogP contribution in [0.5, 0.6) is 0 Å². The number of thiophene rings is 1. The molecule has 0 radical (unpaired) electrons. The first-order valence-electron chi connectivity index (χ1n) is 20.8. The number of para-hydroxylation sites is 2. The van der Waals surface area contributed by atoms with E-state index in [1.807, 2.05) is 47.7 Å². The summed E-state index contributed by atoms with van der Waals surface area (Å²) >= 11 is 1.85. The summed E-state index contributed by atoms with van der Waals surface area (Å²) in [5.74, 6) is 1.89. The predicted molar refractivity (Wildman–Crippen MR) is 260 cm³/mol. The van der Waals surface area contributed by atoms with Crippen LogP contribution in [0.1, 0.15) is 0 Å². The van der Waals surface area contributed by atoms with E-state index in [-0.39, 0.29) is 0 Å². The maximum absolute atomic E-state index is 5.28. The predicted octanol–water partition coefficient (Wildman–Crippen LogP) is 15.3. The average molecular weight is 809 g/mol. The van der Waals surface area contributed by atoms with Crippen LogP contribution in [0.15, 0.2) is 218 Å². The van der Waals surface area contributed by atoms with Crippen LogP contribution >= 0.6 is 11.3 Å². The highest BCUT2D eigenvalue weighted by atomic mass is 32.1. The van der Waals surface area contributed by atoms with Crippen molar-refractivity contribution < 1.29 is 0 Å². The van der Waals surface area contributed by atoms with Gasteiger partial charge >= 0.3 is 0 Å². The molecule has 9 aromatic carbocycles. The third-order valence-corrected chi connectivity index (χ3v) is 13.1. The Morgan fingerprint density at radius 2 is 0.855 bits per heavy atom. The lowest BCUT2D eigenvalue weighted by Crippen LogP contribution is -2.01. The standard InChI is InChI=1S/C57H36N4S/c1-5-17-37(18-6-1)40-23-15-24-41(33-40)42-31-32-44(50(34-42)57-59-55(38-19-7-2-8-20-38)58-56(60-57)39-21-9-3-10-22-39)46-28-16-29-47-49-35-52-48(36-53(49)62-54(46)47)45-27-13-14-30-51(45)61(52)43-25-11-4-12-26-43/h1-36H. The molecule has 0 aliphatic rings. The molecular weight excluding hydrogens is 773 g/mol. The van der Waals surface area contributed by atoms with E-state index in [9.17, 15) is 0 Å². The van der Waals surface area contributed by atoms with Crippen LogP contribution in [0.3, 0.4) is 0 Å². The zero-order valence-corrected chi connectivity index (χ0v) is 34.3. The van der Waals surface area contributed by atoms with Gasteiger partial charge < -0.3 is 4.57 Å². The first kappa shape index (κ1) is 35.9. The third-order valence-electron chi connectivity index (χ3n) is 11.9. The number of nitrogens with zero attached hydrogens (tertiary/aromatic N) is 4. The highest BCUT2D eigenvalue weighted by molar-refractivity contribution is 7.26. The summed E-state index contributed by atoms with van der Waals surface area (Å²) < 4.78 is 4.88. The number of aromatic nitrogens is 4. The average Bonchev–Trinajstić information content (AvgIpc) is 3.89. The normalized spacial score (nSPS) is 11.5. The number of fused-ring (bicyclic) bond motifs is 6. The smallest absolute Gasteiger partial charge is 0.164 e. The van der Waals surface area contributed by atoms with E-state index in [1.54, 1.807) is 0 Å². The Hall–Kier alpha value is -7.99. The molecule has 12 rings (SSSR count). The van der Waals surface area contributed by atoms with Crippen molar-refractivity contribution >= 4 is 53.3 Å². The number of hydrogen-bond donors (Lipinski definition) is 0. The van der Waals surface area contributed by atoms with Crippen molar-refractivity contribution in [3.63, 3.8) is 0 Å². The lowest BCUT2D eigenvalue weighted by atomic mass is 9.92. The zero-order chi connectivity index (χ0) is 41.0. The second-order valence-corrected chi connectivity index (χ2v) is 16.6. The molecule has 290 valence electrons. The highest BCUT2D eigenvalue weighted by Gasteiger charge is 2.21. The van der Waals surface area contributed by atoms with E-state index in [1.165, 1.54) is 53.1 Å². The first-order valence-corrected chi connectivity index (χ1v) is 21.7. The minimum atomic E-state index is 0.626. The minimum absolute atomic E-state index is 0.626. The molecule has 0 fully saturated rings. The van der Waals surface area contributed by atoms with Gasteiger partial charge in [-0.15, -0.1) is 11.3 Å². The molecule has 0 aliphatic carbocycles. The van der Waals surface area contributed by atoms with Crippen LogP contribution in [0.4, 0.5) is 0 Å². The second kappa shape index (κ2) is 14.9. The molecule has 5 heteroatoms. The summed E-state index contributed by atoms with van der Waals surface area (Å²) in [6, 6.07) is 77.5. The van der Waals surface area contributed by atoms with E-state index in [2.05, 4.69) is 187 Å². The van der Waals surface area contributed by atoms with Crippen molar-refractivity contribution in [2.45, 2.75) is 0 Å². The SMILES string of the molecule is c1ccc(-c2cccc(-c3ccc(-c4cccc5c4sc4cc6c7ccccc7n(-c7ccccc7)c6cc45)c(-c4nc(-c5ccccc5)nc(-c5ccccc5)n4)c3)c2)cc1. The summed E-state index contributed by atoms with van der Waals surface area (Å²) in [5.41, 5.74) is 13.2. The van der Waals surface area contributed by atoms with Crippen LogP contribution in [0, 0.1) is 0 Å². The summed E-state index contributed by atoms with van der Waals surface area (Å²) in [5, 5.41) is 4.97. The summed E-state index contributed by atoms with van der Waals surface area (Å²) in [4.78, 5) is 15.6. The molecule has 0 saturated carbocycles. The van der Waals surface area contributed by atoms with Gasteiger partial charge in [0.2, 0.25) is 0 Å². The lowest BCUT2D eigenvalue weighted by Gasteiger charge is -2.15. The van der Waals surface area contributed by atoms with E-state index in [0.717, 1.165) is 44.6 Å². The topological polar surface area (TPSA) is 43.6 Å². The van der Waals surface area contributed by atoms with Gasteiger partial charge in [0.05, 0.1) is 11.0 Å². The van der Waals surface area contributed by atoms with Gasteiger partial charge in [0, 0.05) is 58.9 Å². The molecule has 0 aliphatic heterocycles. The number of hydrogen-bond acceptors (Lipinski definition) is 4. The van der Waals surface area contributed by atoms with Gasteiger partial charge in [-0.25, -0.2) is 15.0 Å². The molecule has 0 unspecified atom stereocenters. The van der Waals surface area contributed by atoms with Gasteiger partial charge in [-0.2, -0.15) is 0 Å². The van der Waals surface area contributed by atoms with Crippen LogP contribution in [0.25, 0.3) is 115 Å². The Kier molecular flexibility index (Phi) is 8.65. The van der Waals surface area contributed by atoms with Gasteiger partial charge in [0.25, 0.3) is 0 Å². The first-order chi connectivity index (χ1) is 30.7. The molecule has 4 nitrogen and oxygen atoms in total. The Morgan fingerprint density at radius 1 is 0.306 bits per heavy atom. The summed E-state index contributed by atoms with van der Waals surface area (Å²) in [6.45, 7) is 0. The van der Waals surface area contributed by atoms with Crippen LogP contribution in [0.2, 0.25) is 0 Å². The summed E-state index contributed by atoms with van der Waals surface area (Å²) in [6.07, 6.45) is 0. The fourth-order valence-electron chi connectivity index (χ4n) is 8.91. The van der Waals surface area contributed by atoms with E-state index in [4.69, 9.17) is 15.0 Å². The van der Waals surface area contributed by atoms with E-state index < -0.39 is 0 Å². The Balaban J connectivity index is 1.10. The van der Waals surface area contributed by atoms with Gasteiger partial charge in [-0.3, -0.25) is 0 Å². The highest BCUT2D eigenvalue weighted by Crippen LogP contribution is 2.46. The van der Waals surface area contributed by atoms with Crippen molar-refractivity contribution in [1.29, 1.82) is 0 Å². The molecule has 3 aromatic heterocycles. The molecular formula is C57H36N4S. The maximum atomic E-state index is 5.28. The molecule has 0 spiro atoms. The van der Waals surface area contributed by atoms with Crippen LogP contribution in [-0.2, 0) is 0 Å². The Morgan fingerprint density at radius 3 is 1.56 bits per heavy atom. The monoisotopic (exact) mass is 808 g/mol. The fourth-order valence-corrected chi connectivity index (χ4v) is 10.2. The molecule has 3 heterocycles. The molecule has 0 amide bonds. The summed E-state index contributed by atoms with van der Waals surface area (Å²) in [7, 11) is 0. The van der Waals surface area contributed by atoms with Gasteiger partial charge in [-0.05, 0) is 70.3 Å². The van der Waals surface area contributed by atoms with Gasteiger partial charge in [0.15, 0.2) is 17.5 Å². The van der Waals surface area contributed by atoms with Crippen molar-refractivity contribution in [3.8, 4) is 73.2 Å². The molecule has 12 aromatic rings. The van der Waals surface area contributed by atoms with Crippen molar-refractivity contribution in [3.05, 3.63) is 218 Å². The number of rotatable bonds is 7. The molecule has 0 N–H and O–H groups in total. The maximum Gasteiger partial charge on any atom is 0.164 e. The minimum Gasteiger partial charge on any atom is -0.309 e. The van der Waals surface area contributed by atoms with Gasteiger partial charge in [0.1, 0.15) is 0 Å². The lowest BCUT2D eigenvalue weighted by molar-refractivity contribution is 1.07. The quantitative estimate of drug-likeness (QED) is 0.161. The van der Waals surface area contributed by atoms with E-state index >= 15 is 0 Å². The van der Waals surface area contributed by atoms with Gasteiger partial charge in [-0.1, -0.05) is 176 Å². The second-order valence-electron chi connectivity index (χ2n) is 15.6. The molecule has 0 saturated heterocycles. The van der Waals surface area contributed by atoms with Crippen molar-refractivity contribution in [2.75, 3.05) is 0 Å². The van der Waals surface area contributed by atoms with Crippen LogP contribution in [-0.4, -0.2) is 19.5 Å².